The molecular formula is C18H26N4O2. The number of rotatable bonds is 2. The van der Waals surface area contributed by atoms with Crippen LogP contribution in [0.1, 0.15) is 29.6 Å². The van der Waals surface area contributed by atoms with Gasteiger partial charge in [-0.25, -0.2) is 4.98 Å². The lowest BCUT2D eigenvalue weighted by Gasteiger charge is -2.33. The van der Waals surface area contributed by atoms with Gasteiger partial charge in [0.2, 0.25) is 0 Å². The van der Waals surface area contributed by atoms with Gasteiger partial charge in [0.15, 0.2) is 0 Å². The van der Waals surface area contributed by atoms with Crippen LogP contribution in [0.3, 0.4) is 0 Å². The summed E-state index contributed by atoms with van der Waals surface area (Å²) in [5, 5.41) is 0. The Morgan fingerprint density at radius 1 is 1.21 bits per heavy atom. The first-order valence-electron chi connectivity index (χ1n) is 9.05. The molecule has 3 aliphatic rings. The van der Waals surface area contributed by atoms with Crippen molar-refractivity contribution in [1.29, 1.82) is 0 Å². The largest absolute Gasteiger partial charge is 0.373 e. The molecule has 0 N–H and O–H groups in total. The standard InChI is InChI=1S/C18H26N4O2/c1-20-10-11-24-16-13-22(12-15(16)20)17-14(6-5-7-19-17)18(23)21-8-3-2-4-9-21/h5-7,15-16H,2-4,8-13H2,1H3. The van der Waals surface area contributed by atoms with Gasteiger partial charge in [-0.2, -0.15) is 0 Å². The molecule has 0 aliphatic carbocycles. The monoisotopic (exact) mass is 330 g/mol. The number of anilines is 1. The van der Waals surface area contributed by atoms with Gasteiger partial charge in [-0.15, -0.1) is 0 Å². The van der Waals surface area contributed by atoms with Crippen molar-refractivity contribution in [1.82, 2.24) is 14.8 Å². The molecule has 1 aromatic rings. The third-order valence-electron chi connectivity index (χ3n) is 5.54. The van der Waals surface area contributed by atoms with Crippen LogP contribution >= 0.6 is 0 Å². The molecule has 2 atom stereocenters. The Kier molecular flexibility index (Phi) is 4.41. The van der Waals surface area contributed by atoms with E-state index in [0.29, 0.717) is 6.04 Å². The van der Waals surface area contributed by atoms with Crippen molar-refractivity contribution in [2.75, 3.05) is 51.3 Å². The molecule has 0 radical (unpaired) electrons. The zero-order valence-corrected chi connectivity index (χ0v) is 14.4. The summed E-state index contributed by atoms with van der Waals surface area (Å²) >= 11 is 0. The van der Waals surface area contributed by atoms with Crippen molar-refractivity contribution < 1.29 is 9.53 Å². The Balaban J connectivity index is 1.57. The van der Waals surface area contributed by atoms with Crippen molar-refractivity contribution in [3.05, 3.63) is 23.9 Å². The van der Waals surface area contributed by atoms with E-state index in [1.807, 2.05) is 17.0 Å². The van der Waals surface area contributed by atoms with Gasteiger partial charge in [0.25, 0.3) is 5.91 Å². The van der Waals surface area contributed by atoms with Crippen LogP contribution < -0.4 is 4.90 Å². The smallest absolute Gasteiger partial charge is 0.257 e. The van der Waals surface area contributed by atoms with E-state index in [0.717, 1.165) is 63.6 Å². The number of carbonyl (C=O) groups excluding carboxylic acids is 1. The van der Waals surface area contributed by atoms with Gasteiger partial charge < -0.3 is 14.5 Å². The van der Waals surface area contributed by atoms with Crippen molar-refractivity contribution in [2.45, 2.75) is 31.4 Å². The van der Waals surface area contributed by atoms with Gasteiger partial charge in [-0.3, -0.25) is 9.69 Å². The summed E-state index contributed by atoms with van der Waals surface area (Å²) in [6.45, 7) is 5.17. The molecule has 3 fully saturated rings. The van der Waals surface area contributed by atoms with E-state index in [1.54, 1.807) is 6.20 Å². The number of aromatic nitrogens is 1. The molecule has 0 aromatic carbocycles. The first kappa shape index (κ1) is 15.8. The van der Waals surface area contributed by atoms with E-state index in [9.17, 15) is 4.79 Å². The summed E-state index contributed by atoms with van der Waals surface area (Å²) in [7, 11) is 2.15. The molecule has 6 heteroatoms. The third kappa shape index (κ3) is 2.89. The molecule has 6 nitrogen and oxygen atoms in total. The molecule has 130 valence electrons. The second kappa shape index (κ2) is 6.69. The number of likely N-dealkylation sites (N-methyl/N-ethyl adjacent to an activating group) is 1. The lowest BCUT2D eigenvalue weighted by atomic mass is 10.1. The summed E-state index contributed by atoms with van der Waals surface area (Å²) in [5.41, 5.74) is 0.737. The lowest BCUT2D eigenvalue weighted by molar-refractivity contribution is -0.0362. The van der Waals surface area contributed by atoms with Gasteiger partial charge in [-0.05, 0) is 38.4 Å². The molecule has 4 rings (SSSR count). The Morgan fingerprint density at radius 3 is 2.83 bits per heavy atom. The van der Waals surface area contributed by atoms with Crippen LogP contribution in [0.4, 0.5) is 5.82 Å². The minimum Gasteiger partial charge on any atom is -0.373 e. The van der Waals surface area contributed by atoms with Crippen molar-refractivity contribution in [3.8, 4) is 0 Å². The van der Waals surface area contributed by atoms with Gasteiger partial charge >= 0.3 is 0 Å². The van der Waals surface area contributed by atoms with Crippen LogP contribution in [0.5, 0.6) is 0 Å². The number of ether oxygens (including phenoxy) is 1. The third-order valence-corrected chi connectivity index (χ3v) is 5.54. The number of nitrogens with zero attached hydrogens (tertiary/aromatic N) is 4. The number of carbonyl (C=O) groups is 1. The van der Waals surface area contributed by atoms with E-state index >= 15 is 0 Å². The highest BCUT2D eigenvalue weighted by molar-refractivity contribution is 5.99. The summed E-state index contributed by atoms with van der Waals surface area (Å²) in [6, 6.07) is 4.18. The van der Waals surface area contributed by atoms with Gasteiger partial charge in [0.05, 0.1) is 24.3 Å². The first-order chi connectivity index (χ1) is 11.7. The predicted molar refractivity (Wildman–Crippen MR) is 92.4 cm³/mol. The fourth-order valence-electron chi connectivity index (χ4n) is 4.11. The van der Waals surface area contributed by atoms with E-state index in [1.165, 1.54) is 6.42 Å². The van der Waals surface area contributed by atoms with Crippen LogP contribution in [0.25, 0.3) is 0 Å². The summed E-state index contributed by atoms with van der Waals surface area (Å²) in [5.74, 6) is 0.946. The SMILES string of the molecule is CN1CCOC2CN(c3ncccc3C(=O)N3CCCCC3)CC21. The number of hydrogen-bond acceptors (Lipinski definition) is 5. The minimum atomic E-state index is 0.127. The number of amides is 1. The van der Waals surface area contributed by atoms with Crippen LogP contribution in [0.15, 0.2) is 18.3 Å². The van der Waals surface area contributed by atoms with Crippen LogP contribution in [0, 0.1) is 0 Å². The van der Waals surface area contributed by atoms with Crippen molar-refractivity contribution in [3.63, 3.8) is 0 Å². The minimum absolute atomic E-state index is 0.127. The van der Waals surface area contributed by atoms with Gasteiger partial charge in [-0.1, -0.05) is 0 Å². The quantitative estimate of drug-likeness (QED) is 0.816. The second-order valence-electron chi connectivity index (χ2n) is 7.09. The number of pyridine rings is 1. The maximum Gasteiger partial charge on any atom is 0.257 e. The number of fused-ring (bicyclic) bond motifs is 1. The van der Waals surface area contributed by atoms with E-state index in [-0.39, 0.29) is 12.0 Å². The average molecular weight is 330 g/mol. The maximum absolute atomic E-state index is 13.0. The molecule has 3 saturated heterocycles. The average Bonchev–Trinajstić information content (AvgIpc) is 3.07. The topological polar surface area (TPSA) is 48.9 Å². The van der Waals surface area contributed by atoms with Crippen LogP contribution in [-0.2, 0) is 4.74 Å². The summed E-state index contributed by atoms with van der Waals surface area (Å²) in [6.07, 6.45) is 5.43. The predicted octanol–water partition coefficient (Wildman–Crippen LogP) is 1.23. The van der Waals surface area contributed by atoms with Crippen molar-refractivity contribution >= 4 is 11.7 Å². The number of piperidine rings is 1. The van der Waals surface area contributed by atoms with Crippen LogP contribution in [-0.4, -0.2) is 79.2 Å². The Hall–Kier alpha value is -1.66. The fraction of sp³-hybridized carbons (Fsp3) is 0.667. The van der Waals surface area contributed by atoms with Crippen molar-refractivity contribution in [2.24, 2.45) is 0 Å². The Bertz CT molecular complexity index is 602. The second-order valence-corrected chi connectivity index (χ2v) is 7.09. The molecule has 0 bridgehead atoms. The molecular weight excluding hydrogens is 304 g/mol. The summed E-state index contributed by atoms with van der Waals surface area (Å²) in [4.78, 5) is 24.1. The Morgan fingerprint density at radius 2 is 2.04 bits per heavy atom. The molecule has 24 heavy (non-hydrogen) atoms. The van der Waals surface area contributed by atoms with Gasteiger partial charge in [0.1, 0.15) is 5.82 Å². The number of likely N-dealkylation sites (tertiary alicyclic amines) is 1. The van der Waals surface area contributed by atoms with Crippen LogP contribution in [0.2, 0.25) is 0 Å². The molecule has 2 unspecified atom stereocenters. The first-order valence-corrected chi connectivity index (χ1v) is 9.05. The zero-order valence-electron chi connectivity index (χ0n) is 14.4. The van der Waals surface area contributed by atoms with E-state index < -0.39 is 0 Å². The Labute approximate surface area is 143 Å². The molecule has 4 heterocycles. The van der Waals surface area contributed by atoms with E-state index in [4.69, 9.17) is 4.74 Å². The normalized spacial score (nSPS) is 28.0. The molecule has 1 amide bonds. The highest BCUT2D eigenvalue weighted by Gasteiger charge is 2.40. The lowest BCUT2D eigenvalue weighted by Crippen LogP contribution is -2.48. The van der Waals surface area contributed by atoms with E-state index in [2.05, 4.69) is 21.8 Å². The number of morpholine rings is 1. The van der Waals surface area contributed by atoms with Gasteiger partial charge in [0, 0.05) is 38.9 Å². The summed E-state index contributed by atoms with van der Waals surface area (Å²) < 4.78 is 5.93. The molecule has 3 aliphatic heterocycles. The highest BCUT2D eigenvalue weighted by Crippen LogP contribution is 2.28. The maximum atomic E-state index is 13.0. The number of hydrogen-bond donors (Lipinski definition) is 0. The molecule has 0 spiro atoms. The molecule has 1 aromatic heterocycles. The highest BCUT2D eigenvalue weighted by atomic mass is 16.5. The fourth-order valence-corrected chi connectivity index (χ4v) is 4.11. The zero-order chi connectivity index (χ0) is 16.5. The molecule has 0 saturated carbocycles.